The van der Waals surface area contributed by atoms with Crippen LogP contribution >= 0.6 is 0 Å². The van der Waals surface area contributed by atoms with E-state index >= 15 is 0 Å². The Hall–Kier alpha value is -1.32. The summed E-state index contributed by atoms with van der Waals surface area (Å²) in [6.45, 7) is 6.89. The first-order valence-electron chi connectivity index (χ1n) is 6.84. The molecule has 0 radical (unpaired) electrons. The number of rotatable bonds is 7. The average Bonchev–Trinajstić information content (AvgIpc) is 2.27. The van der Waals surface area contributed by atoms with Crippen LogP contribution < -0.4 is 11.1 Å². The summed E-state index contributed by atoms with van der Waals surface area (Å²) in [6, 6.07) is 2.27. The summed E-state index contributed by atoms with van der Waals surface area (Å²) in [7, 11) is 0. The van der Waals surface area contributed by atoms with E-state index in [1.165, 1.54) is 12.8 Å². The molecule has 0 aromatic heterocycles. The van der Waals surface area contributed by atoms with Crippen molar-refractivity contribution in [2.75, 3.05) is 17.6 Å². The summed E-state index contributed by atoms with van der Waals surface area (Å²) in [5.41, 5.74) is 5.41. The number of nitrogen functional groups attached to an aromatic ring is 1. The van der Waals surface area contributed by atoms with Crippen LogP contribution in [0.2, 0.25) is 0 Å². The van der Waals surface area contributed by atoms with E-state index in [1.807, 2.05) is 0 Å². The summed E-state index contributed by atoms with van der Waals surface area (Å²) in [6.07, 6.45) is 4.53. The molecule has 0 atom stereocenters. The fraction of sp³-hybridized carbons (Fsp3) is 0.600. The first-order chi connectivity index (χ1) is 8.85. The smallest absolute Gasteiger partial charge is 0.151 e. The molecule has 0 spiro atoms. The quantitative estimate of drug-likeness (QED) is 0.563. The van der Waals surface area contributed by atoms with Gasteiger partial charge < -0.3 is 11.1 Å². The van der Waals surface area contributed by atoms with Gasteiger partial charge in [0.25, 0.3) is 0 Å². The molecule has 19 heavy (non-hydrogen) atoms. The molecule has 0 amide bonds. The molecule has 2 nitrogen and oxygen atoms in total. The number of anilines is 2. The van der Waals surface area contributed by atoms with Gasteiger partial charge in [0, 0.05) is 12.2 Å². The maximum absolute atomic E-state index is 13.6. The molecule has 108 valence electrons. The monoisotopic (exact) mass is 270 g/mol. The summed E-state index contributed by atoms with van der Waals surface area (Å²) in [5, 5.41) is 2.87. The highest BCUT2D eigenvalue weighted by molar-refractivity contribution is 5.54. The van der Waals surface area contributed by atoms with E-state index in [1.54, 1.807) is 0 Å². The maximum atomic E-state index is 13.6. The molecule has 0 aliphatic rings. The third-order valence-electron chi connectivity index (χ3n) is 3.27. The van der Waals surface area contributed by atoms with E-state index in [2.05, 4.69) is 26.1 Å². The summed E-state index contributed by atoms with van der Waals surface area (Å²) < 4.78 is 27.2. The first kappa shape index (κ1) is 15.7. The Morgan fingerprint density at radius 1 is 1.16 bits per heavy atom. The fourth-order valence-electron chi connectivity index (χ4n) is 2.03. The van der Waals surface area contributed by atoms with Gasteiger partial charge in [0.2, 0.25) is 0 Å². The number of nitrogens with two attached hydrogens (primary N) is 1. The maximum Gasteiger partial charge on any atom is 0.151 e. The van der Waals surface area contributed by atoms with Crippen LogP contribution in [-0.2, 0) is 0 Å². The Bertz CT molecular complexity index is 394. The van der Waals surface area contributed by atoms with Crippen LogP contribution in [0, 0.1) is 17.0 Å². The molecule has 0 bridgehead atoms. The largest absolute Gasteiger partial charge is 0.399 e. The zero-order valence-electron chi connectivity index (χ0n) is 12.0. The lowest BCUT2D eigenvalue weighted by Crippen LogP contribution is -2.24. The molecule has 0 saturated carbocycles. The molecule has 3 N–H and O–H groups in total. The van der Waals surface area contributed by atoms with Gasteiger partial charge in [-0.05, 0) is 24.0 Å². The summed E-state index contributed by atoms with van der Waals surface area (Å²) >= 11 is 0. The predicted octanol–water partition coefficient (Wildman–Crippen LogP) is 4.57. The average molecular weight is 270 g/mol. The SMILES string of the molecule is CCCCCC(C)(C)CNc1c(F)cc(N)cc1F. The minimum absolute atomic E-state index is 0.00936. The number of hydrogen-bond donors (Lipinski definition) is 2. The van der Waals surface area contributed by atoms with Gasteiger partial charge in [0.1, 0.15) is 5.69 Å². The molecule has 0 aliphatic carbocycles. The van der Waals surface area contributed by atoms with Crippen LogP contribution in [0.5, 0.6) is 0 Å². The zero-order chi connectivity index (χ0) is 14.5. The standard InChI is InChI=1S/C15H24F2N2/c1-4-5-6-7-15(2,3)10-19-14-12(16)8-11(18)9-13(14)17/h8-9,19H,4-7,10,18H2,1-3H3. The van der Waals surface area contributed by atoms with E-state index in [-0.39, 0.29) is 16.8 Å². The van der Waals surface area contributed by atoms with Crippen molar-refractivity contribution < 1.29 is 8.78 Å². The lowest BCUT2D eigenvalue weighted by molar-refractivity contribution is 0.341. The summed E-state index contributed by atoms with van der Waals surface area (Å²) in [4.78, 5) is 0. The highest BCUT2D eigenvalue weighted by atomic mass is 19.1. The molecule has 0 fully saturated rings. The minimum Gasteiger partial charge on any atom is -0.399 e. The lowest BCUT2D eigenvalue weighted by Gasteiger charge is -2.25. The highest BCUT2D eigenvalue weighted by Gasteiger charge is 2.19. The number of unbranched alkanes of at least 4 members (excludes halogenated alkanes) is 2. The van der Waals surface area contributed by atoms with E-state index in [4.69, 9.17) is 5.73 Å². The van der Waals surface area contributed by atoms with Gasteiger partial charge in [-0.15, -0.1) is 0 Å². The molecule has 0 unspecified atom stereocenters. The molecule has 1 aromatic rings. The van der Waals surface area contributed by atoms with Crippen LogP contribution in [-0.4, -0.2) is 6.54 Å². The molecule has 4 heteroatoms. The lowest BCUT2D eigenvalue weighted by atomic mass is 9.87. The van der Waals surface area contributed by atoms with Gasteiger partial charge in [-0.2, -0.15) is 0 Å². The first-order valence-corrected chi connectivity index (χ1v) is 6.84. The Morgan fingerprint density at radius 3 is 2.26 bits per heavy atom. The van der Waals surface area contributed by atoms with Crippen molar-refractivity contribution in [3.63, 3.8) is 0 Å². The fourth-order valence-corrected chi connectivity index (χ4v) is 2.03. The van der Waals surface area contributed by atoms with Gasteiger partial charge in [-0.25, -0.2) is 8.78 Å². The molecule has 0 heterocycles. The normalized spacial score (nSPS) is 11.6. The number of nitrogens with one attached hydrogen (secondary N) is 1. The molecule has 0 aliphatic heterocycles. The van der Waals surface area contributed by atoms with E-state index < -0.39 is 11.6 Å². The van der Waals surface area contributed by atoms with Gasteiger partial charge in [0.05, 0.1) is 0 Å². The molecule has 0 saturated heterocycles. The van der Waals surface area contributed by atoms with Crippen LogP contribution in [0.3, 0.4) is 0 Å². The summed E-state index contributed by atoms with van der Waals surface area (Å²) in [5.74, 6) is -1.27. The van der Waals surface area contributed by atoms with Crippen LogP contribution in [0.4, 0.5) is 20.2 Å². The topological polar surface area (TPSA) is 38.0 Å². The second-order valence-corrected chi connectivity index (χ2v) is 5.83. The third kappa shape index (κ3) is 5.05. The Morgan fingerprint density at radius 2 is 1.74 bits per heavy atom. The van der Waals surface area contributed by atoms with Crippen molar-refractivity contribution in [3.05, 3.63) is 23.8 Å². The molecule has 1 aromatic carbocycles. The van der Waals surface area contributed by atoms with Crippen molar-refractivity contribution in [2.45, 2.75) is 46.5 Å². The van der Waals surface area contributed by atoms with Crippen molar-refractivity contribution in [3.8, 4) is 0 Å². The van der Waals surface area contributed by atoms with Crippen LogP contribution in [0.1, 0.15) is 46.5 Å². The van der Waals surface area contributed by atoms with Crippen LogP contribution in [0.15, 0.2) is 12.1 Å². The predicted molar refractivity (Wildman–Crippen MR) is 77.2 cm³/mol. The Labute approximate surface area is 114 Å². The third-order valence-corrected chi connectivity index (χ3v) is 3.27. The molecule has 1 rings (SSSR count). The Kier molecular flexibility index (Phi) is 5.58. The Balaban J connectivity index is 2.61. The van der Waals surface area contributed by atoms with Gasteiger partial charge in [-0.1, -0.05) is 40.0 Å². The number of halogens is 2. The van der Waals surface area contributed by atoms with Crippen molar-refractivity contribution in [1.29, 1.82) is 0 Å². The van der Waals surface area contributed by atoms with Gasteiger partial charge in [-0.3, -0.25) is 0 Å². The minimum atomic E-state index is -0.637. The molecular weight excluding hydrogens is 246 g/mol. The number of hydrogen-bond acceptors (Lipinski definition) is 2. The zero-order valence-corrected chi connectivity index (χ0v) is 12.0. The molecular formula is C15H24F2N2. The van der Waals surface area contributed by atoms with Crippen molar-refractivity contribution in [1.82, 2.24) is 0 Å². The second-order valence-electron chi connectivity index (χ2n) is 5.83. The highest BCUT2D eigenvalue weighted by Crippen LogP contribution is 2.27. The second kappa shape index (κ2) is 6.73. The van der Waals surface area contributed by atoms with Crippen molar-refractivity contribution >= 4 is 11.4 Å². The number of benzene rings is 1. The van der Waals surface area contributed by atoms with E-state index in [0.29, 0.717) is 6.54 Å². The van der Waals surface area contributed by atoms with Crippen molar-refractivity contribution in [2.24, 2.45) is 5.41 Å². The van der Waals surface area contributed by atoms with Gasteiger partial charge >= 0.3 is 0 Å². The van der Waals surface area contributed by atoms with E-state index in [0.717, 1.165) is 25.0 Å². The van der Waals surface area contributed by atoms with Crippen LogP contribution in [0.25, 0.3) is 0 Å². The van der Waals surface area contributed by atoms with E-state index in [9.17, 15) is 8.78 Å². The van der Waals surface area contributed by atoms with Gasteiger partial charge in [0.15, 0.2) is 11.6 Å².